The van der Waals surface area contributed by atoms with Crippen molar-refractivity contribution < 1.29 is 14.3 Å². The van der Waals surface area contributed by atoms with E-state index in [0.717, 1.165) is 0 Å². The molecule has 1 fully saturated rings. The number of ether oxygens (including phenoxy) is 1. The standard InChI is InChI=1S/C12H18N2O3/c1-4-17-12(16)8-5-9(13-3)11-10(6-8)14(11)7(2)15/h6,9-11,13H,4-5H2,1-3H3/t9-,10-,11+,14?/m0/s1. The van der Waals surface area contributed by atoms with Crippen LogP contribution < -0.4 is 5.32 Å². The predicted octanol–water partition coefficient (Wildman–Crippen LogP) is 0.0669. The summed E-state index contributed by atoms with van der Waals surface area (Å²) >= 11 is 0. The molecule has 0 spiro atoms. The molecule has 17 heavy (non-hydrogen) atoms. The van der Waals surface area contributed by atoms with E-state index in [-0.39, 0.29) is 30.0 Å². The van der Waals surface area contributed by atoms with E-state index in [0.29, 0.717) is 18.6 Å². The van der Waals surface area contributed by atoms with E-state index in [1.807, 2.05) is 13.1 Å². The minimum absolute atomic E-state index is 0.0570. The Morgan fingerprint density at radius 1 is 1.59 bits per heavy atom. The first kappa shape index (κ1) is 12.1. The highest BCUT2D eigenvalue weighted by molar-refractivity contribution is 5.90. The number of hydrogen-bond acceptors (Lipinski definition) is 4. The number of carbonyl (C=O) groups is 2. The molecular formula is C12H18N2O3. The summed E-state index contributed by atoms with van der Waals surface area (Å²) < 4.78 is 5.00. The first-order valence-corrected chi connectivity index (χ1v) is 5.94. The van der Waals surface area contributed by atoms with Gasteiger partial charge in [0.15, 0.2) is 0 Å². The minimum atomic E-state index is -0.262. The van der Waals surface area contributed by atoms with Crippen molar-refractivity contribution in [3.8, 4) is 0 Å². The molecule has 0 aromatic carbocycles. The summed E-state index contributed by atoms with van der Waals surface area (Å²) in [6, 6.07) is 0.419. The number of rotatable bonds is 3. The number of hydrogen-bond donors (Lipinski definition) is 1. The highest BCUT2D eigenvalue weighted by Crippen LogP contribution is 2.39. The fourth-order valence-electron chi connectivity index (χ4n) is 2.58. The first-order chi connectivity index (χ1) is 8.10. The minimum Gasteiger partial charge on any atom is -0.463 e. The van der Waals surface area contributed by atoms with Gasteiger partial charge in [-0.3, -0.25) is 4.79 Å². The fraction of sp³-hybridized carbons (Fsp3) is 0.667. The molecule has 1 aliphatic carbocycles. The average Bonchev–Trinajstić information content (AvgIpc) is 3.02. The quantitative estimate of drug-likeness (QED) is 0.558. The maximum absolute atomic E-state index is 11.7. The van der Waals surface area contributed by atoms with Crippen LogP contribution >= 0.6 is 0 Å². The lowest BCUT2D eigenvalue weighted by Gasteiger charge is -2.19. The average molecular weight is 238 g/mol. The van der Waals surface area contributed by atoms with Crippen molar-refractivity contribution in [3.63, 3.8) is 0 Å². The van der Waals surface area contributed by atoms with Crippen molar-refractivity contribution in [2.75, 3.05) is 13.7 Å². The van der Waals surface area contributed by atoms with E-state index in [9.17, 15) is 9.59 Å². The molecule has 0 bridgehead atoms. The van der Waals surface area contributed by atoms with Crippen molar-refractivity contribution in [1.29, 1.82) is 0 Å². The Morgan fingerprint density at radius 3 is 2.82 bits per heavy atom. The molecule has 0 unspecified atom stereocenters. The maximum atomic E-state index is 11.7. The fourth-order valence-corrected chi connectivity index (χ4v) is 2.58. The van der Waals surface area contributed by atoms with Gasteiger partial charge in [-0.1, -0.05) is 0 Å². The Hall–Kier alpha value is -1.36. The zero-order valence-corrected chi connectivity index (χ0v) is 10.4. The molecule has 1 heterocycles. The van der Waals surface area contributed by atoms with Crippen LogP contribution in [-0.2, 0) is 14.3 Å². The lowest BCUT2D eigenvalue weighted by molar-refractivity contribution is -0.138. The van der Waals surface area contributed by atoms with Gasteiger partial charge in [-0.25, -0.2) is 4.79 Å². The Morgan fingerprint density at radius 2 is 2.29 bits per heavy atom. The maximum Gasteiger partial charge on any atom is 0.333 e. The van der Waals surface area contributed by atoms with E-state index < -0.39 is 0 Å². The highest BCUT2D eigenvalue weighted by atomic mass is 16.5. The van der Waals surface area contributed by atoms with Crippen molar-refractivity contribution in [1.82, 2.24) is 10.2 Å². The summed E-state index contributed by atoms with van der Waals surface area (Å²) in [5.74, 6) is -0.205. The molecule has 5 nitrogen and oxygen atoms in total. The molecule has 1 amide bonds. The van der Waals surface area contributed by atoms with Crippen LogP contribution in [0.1, 0.15) is 20.3 Å². The summed E-state index contributed by atoms with van der Waals surface area (Å²) in [7, 11) is 1.85. The largest absolute Gasteiger partial charge is 0.463 e. The van der Waals surface area contributed by atoms with Gasteiger partial charge in [0.2, 0.25) is 5.91 Å². The van der Waals surface area contributed by atoms with E-state index in [2.05, 4.69) is 5.32 Å². The molecule has 1 N–H and O–H groups in total. The zero-order valence-electron chi connectivity index (χ0n) is 10.4. The Kier molecular flexibility index (Phi) is 3.19. The molecule has 0 radical (unpaired) electrons. The lowest BCUT2D eigenvalue weighted by Crippen LogP contribution is -2.37. The SMILES string of the molecule is CCOC(=O)C1=C[C@H]2[C@@H]([C@@H](NC)C1)N2C(C)=O. The highest BCUT2D eigenvalue weighted by Gasteiger charge is 2.55. The van der Waals surface area contributed by atoms with Crippen molar-refractivity contribution in [2.45, 2.75) is 38.4 Å². The van der Waals surface area contributed by atoms with Gasteiger partial charge in [-0.15, -0.1) is 0 Å². The zero-order chi connectivity index (χ0) is 12.6. The number of esters is 1. The summed E-state index contributed by atoms with van der Waals surface area (Å²) in [4.78, 5) is 24.9. The lowest BCUT2D eigenvalue weighted by atomic mass is 9.95. The van der Waals surface area contributed by atoms with Gasteiger partial charge >= 0.3 is 5.97 Å². The van der Waals surface area contributed by atoms with Crippen LogP contribution in [-0.4, -0.2) is 48.6 Å². The van der Waals surface area contributed by atoms with E-state index in [1.54, 1.807) is 18.7 Å². The normalized spacial score (nSPS) is 30.4. The second-order valence-corrected chi connectivity index (χ2v) is 4.42. The number of amides is 1. The van der Waals surface area contributed by atoms with Gasteiger partial charge in [0.05, 0.1) is 18.7 Å². The van der Waals surface area contributed by atoms with Crippen molar-refractivity contribution in [3.05, 3.63) is 11.6 Å². The number of nitrogens with one attached hydrogen (secondary N) is 1. The molecule has 1 aliphatic heterocycles. The van der Waals surface area contributed by atoms with Crippen molar-refractivity contribution in [2.24, 2.45) is 0 Å². The van der Waals surface area contributed by atoms with Gasteiger partial charge in [-0.05, 0) is 26.5 Å². The van der Waals surface area contributed by atoms with Crippen LogP contribution in [0.25, 0.3) is 0 Å². The number of fused-ring (bicyclic) bond motifs is 1. The molecule has 1 saturated heterocycles. The van der Waals surface area contributed by atoms with Gasteiger partial charge in [0.1, 0.15) is 0 Å². The predicted molar refractivity (Wildman–Crippen MR) is 62.3 cm³/mol. The first-order valence-electron chi connectivity index (χ1n) is 5.94. The number of nitrogens with zero attached hydrogens (tertiary/aromatic N) is 1. The molecule has 0 saturated carbocycles. The smallest absolute Gasteiger partial charge is 0.333 e. The van der Waals surface area contributed by atoms with Crippen LogP contribution in [0.3, 0.4) is 0 Å². The van der Waals surface area contributed by atoms with E-state index in [4.69, 9.17) is 4.74 Å². The van der Waals surface area contributed by atoms with Crippen molar-refractivity contribution >= 4 is 11.9 Å². The molecule has 94 valence electrons. The molecule has 3 atom stereocenters. The molecule has 2 rings (SSSR count). The van der Waals surface area contributed by atoms with Gasteiger partial charge in [0.25, 0.3) is 0 Å². The summed E-state index contributed by atoms with van der Waals surface area (Å²) in [5, 5.41) is 3.16. The molecular weight excluding hydrogens is 220 g/mol. The third-order valence-corrected chi connectivity index (χ3v) is 3.40. The second-order valence-electron chi connectivity index (χ2n) is 4.42. The molecule has 0 aromatic heterocycles. The Balaban J connectivity index is 2.14. The Bertz CT molecular complexity index is 378. The summed E-state index contributed by atoms with van der Waals surface area (Å²) in [5.41, 5.74) is 0.677. The molecule has 2 aliphatic rings. The van der Waals surface area contributed by atoms with Crippen LogP contribution in [0.15, 0.2) is 11.6 Å². The second kappa shape index (κ2) is 4.49. The van der Waals surface area contributed by atoms with Crippen LogP contribution in [0.4, 0.5) is 0 Å². The van der Waals surface area contributed by atoms with Crippen LogP contribution in [0.2, 0.25) is 0 Å². The number of likely N-dealkylation sites (N-methyl/N-ethyl adjacent to an activating group) is 1. The van der Waals surface area contributed by atoms with E-state index in [1.165, 1.54) is 0 Å². The molecule has 5 heteroatoms. The topological polar surface area (TPSA) is 58.4 Å². The third kappa shape index (κ3) is 2.07. The Labute approximate surface area is 101 Å². The molecule has 0 aromatic rings. The van der Waals surface area contributed by atoms with Gasteiger partial charge < -0.3 is 15.0 Å². The van der Waals surface area contributed by atoms with Crippen LogP contribution in [0, 0.1) is 0 Å². The number of carbonyl (C=O) groups excluding carboxylic acids is 2. The monoisotopic (exact) mass is 238 g/mol. The summed E-state index contributed by atoms with van der Waals surface area (Å²) in [6.45, 7) is 3.73. The summed E-state index contributed by atoms with van der Waals surface area (Å²) in [6.07, 6.45) is 2.50. The third-order valence-electron chi connectivity index (χ3n) is 3.40. The van der Waals surface area contributed by atoms with Gasteiger partial charge in [0, 0.05) is 18.5 Å². The van der Waals surface area contributed by atoms with Crippen LogP contribution in [0.5, 0.6) is 0 Å². The van der Waals surface area contributed by atoms with E-state index >= 15 is 0 Å². The van der Waals surface area contributed by atoms with Gasteiger partial charge in [-0.2, -0.15) is 0 Å².